The quantitative estimate of drug-likeness (QED) is 0.875. The van der Waals surface area contributed by atoms with Crippen molar-refractivity contribution in [1.82, 2.24) is 15.0 Å². The number of aromatic nitrogens is 3. The predicted octanol–water partition coefficient (Wildman–Crippen LogP) is 3.87. The maximum Gasteiger partial charge on any atom is 0.163 e. The van der Waals surface area contributed by atoms with Crippen molar-refractivity contribution in [2.75, 3.05) is 11.9 Å². The minimum Gasteiger partial charge on any atom is -0.370 e. The molecule has 0 saturated carbocycles. The van der Waals surface area contributed by atoms with Crippen molar-refractivity contribution in [3.63, 3.8) is 0 Å². The van der Waals surface area contributed by atoms with E-state index in [9.17, 15) is 0 Å². The molecule has 112 valence electrons. The fourth-order valence-electron chi connectivity index (χ4n) is 2.18. The number of pyridine rings is 1. The maximum absolute atomic E-state index is 4.72. The topological polar surface area (TPSA) is 50.7 Å². The zero-order valence-electron chi connectivity index (χ0n) is 13.3. The number of nitrogens with one attached hydrogen (secondary N) is 1. The zero-order chi connectivity index (χ0) is 15.2. The summed E-state index contributed by atoms with van der Waals surface area (Å²) < 4.78 is 0. The van der Waals surface area contributed by atoms with E-state index in [4.69, 9.17) is 4.98 Å². The van der Waals surface area contributed by atoms with E-state index >= 15 is 0 Å². The highest BCUT2D eigenvalue weighted by molar-refractivity contribution is 5.60. The van der Waals surface area contributed by atoms with E-state index in [0.717, 1.165) is 47.8 Å². The van der Waals surface area contributed by atoms with Crippen molar-refractivity contribution in [2.24, 2.45) is 5.92 Å². The van der Waals surface area contributed by atoms with E-state index in [1.54, 1.807) is 6.20 Å². The van der Waals surface area contributed by atoms with E-state index in [0.29, 0.717) is 5.92 Å². The predicted molar refractivity (Wildman–Crippen MR) is 87.3 cm³/mol. The third-order valence-electron chi connectivity index (χ3n) is 3.23. The van der Waals surface area contributed by atoms with Crippen molar-refractivity contribution in [2.45, 2.75) is 40.5 Å². The highest BCUT2D eigenvalue weighted by Crippen LogP contribution is 2.21. The summed E-state index contributed by atoms with van der Waals surface area (Å²) in [5, 5.41) is 3.37. The summed E-state index contributed by atoms with van der Waals surface area (Å²) in [7, 11) is 0. The van der Waals surface area contributed by atoms with Gasteiger partial charge in [-0.25, -0.2) is 9.97 Å². The number of hydrogen-bond donors (Lipinski definition) is 1. The Kier molecular flexibility index (Phi) is 5.26. The highest BCUT2D eigenvalue weighted by Gasteiger charge is 2.10. The van der Waals surface area contributed by atoms with Gasteiger partial charge >= 0.3 is 0 Å². The Balaban J connectivity index is 2.41. The number of nitrogens with zero attached hydrogens (tertiary/aromatic N) is 3. The number of anilines is 1. The van der Waals surface area contributed by atoms with E-state index < -0.39 is 0 Å². The van der Waals surface area contributed by atoms with Gasteiger partial charge in [0.1, 0.15) is 5.82 Å². The maximum atomic E-state index is 4.72. The molecule has 0 fully saturated rings. The molecule has 1 N–H and O–H groups in total. The van der Waals surface area contributed by atoms with Crippen LogP contribution in [0.15, 0.2) is 24.5 Å². The second-order valence-corrected chi connectivity index (χ2v) is 5.78. The van der Waals surface area contributed by atoms with Crippen LogP contribution >= 0.6 is 0 Å². The van der Waals surface area contributed by atoms with E-state index in [1.807, 2.05) is 12.3 Å². The molecule has 0 aliphatic heterocycles. The molecule has 0 bridgehead atoms. The summed E-state index contributed by atoms with van der Waals surface area (Å²) in [6.07, 6.45) is 5.67. The lowest BCUT2D eigenvalue weighted by atomic mass is 10.1. The fraction of sp³-hybridized carbons (Fsp3) is 0.471. The number of hydrogen-bond acceptors (Lipinski definition) is 4. The van der Waals surface area contributed by atoms with Gasteiger partial charge in [0.15, 0.2) is 5.82 Å². The first kappa shape index (κ1) is 15.4. The van der Waals surface area contributed by atoms with Crippen LogP contribution in [0, 0.1) is 12.8 Å². The second-order valence-electron chi connectivity index (χ2n) is 5.78. The third kappa shape index (κ3) is 4.25. The lowest BCUT2D eigenvalue weighted by molar-refractivity contribution is 0.634. The van der Waals surface area contributed by atoms with Crippen molar-refractivity contribution >= 4 is 5.82 Å². The molecule has 2 aromatic rings. The standard InChI is InChI=1S/C17H24N4/c1-5-7-19-16-10-14(9-12(2)3)20-17(21-16)15-11-18-8-6-13(15)4/h6,8,10-12H,5,7,9H2,1-4H3,(H,19,20,21). The number of aryl methyl sites for hydroxylation is 1. The van der Waals surface area contributed by atoms with Crippen LogP contribution in [0.2, 0.25) is 0 Å². The van der Waals surface area contributed by atoms with Gasteiger partial charge in [-0.2, -0.15) is 0 Å². The van der Waals surface area contributed by atoms with Crippen LogP contribution in [-0.2, 0) is 6.42 Å². The minimum atomic E-state index is 0.571. The molecule has 2 rings (SSSR count). The molecule has 4 nitrogen and oxygen atoms in total. The Labute approximate surface area is 127 Å². The molecular weight excluding hydrogens is 260 g/mol. The summed E-state index contributed by atoms with van der Waals surface area (Å²) in [5.41, 5.74) is 3.23. The van der Waals surface area contributed by atoms with Crippen LogP contribution in [0.1, 0.15) is 38.4 Å². The molecule has 0 unspecified atom stereocenters. The van der Waals surface area contributed by atoms with Crippen molar-refractivity contribution in [3.8, 4) is 11.4 Å². The second kappa shape index (κ2) is 7.16. The van der Waals surface area contributed by atoms with E-state index in [2.05, 4.69) is 49.0 Å². The van der Waals surface area contributed by atoms with Crippen LogP contribution in [0.25, 0.3) is 11.4 Å². The molecule has 4 heteroatoms. The van der Waals surface area contributed by atoms with E-state index in [-0.39, 0.29) is 0 Å². The van der Waals surface area contributed by atoms with Crippen molar-refractivity contribution < 1.29 is 0 Å². The monoisotopic (exact) mass is 284 g/mol. The summed E-state index contributed by atoms with van der Waals surface area (Å²) >= 11 is 0. The van der Waals surface area contributed by atoms with Gasteiger partial charge < -0.3 is 5.32 Å². The Morgan fingerprint density at radius 2 is 2.05 bits per heavy atom. The average molecular weight is 284 g/mol. The molecule has 2 heterocycles. The highest BCUT2D eigenvalue weighted by atomic mass is 15.0. The first-order chi connectivity index (χ1) is 10.1. The van der Waals surface area contributed by atoms with Gasteiger partial charge in [0.05, 0.1) is 0 Å². The molecule has 0 aliphatic rings. The lowest BCUT2D eigenvalue weighted by Gasteiger charge is -2.12. The van der Waals surface area contributed by atoms with Gasteiger partial charge in [-0.1, -0.05) is 20.8 Å². The van der Waals surface area contributed by atoms with Crippen molar-refractivity contribution in [1.29, 1.82) is 0 Å². The normalized spacial score (nSPS) is 10.9. The Hall–Kier alpha value is -1.97. The lowest BCUT2D eigenvalue weighted by Crippen LogP contribution is -2.07. The molecule has 0 radical (unpaired) electrons. The first-order valence-electron chi connectivity index (χ1n) is 7.63. The summed E-state index contributed by atoms with van der Waals surface area (Å²) in [6, 6.07) is 4.05. The summed E-state index contributed by atoms with van der Waals surface area (Å²) in [6.45, 7) is 9.54. The smallest absolute Gasteiger partial charge is 0.163 e. The van der Waals surface area contributed by atoms with Gasteiger partial charge in [-0.3, -0.25) is 4.98 Å². The largest absolute Gasteiger partial charge is 0.370 e. The zero-order valence-corrected chi connectivity index (χ0v) is 13.3. The van der Waals surface area contributed by atoms with Crippen molar-refractivity contribution in [3.05, 3.63) is 35.8 Å². The molecular formula is C17H24N4. The molecule has 0 aliphatic carbocycles. The molecule has 0 amide bonds. The first-order valence-corrected chi connectivity index (χ1v) is 7.63. The van der Waals surface area contributed by atoms with Crippen LogP contribution in [0.3, 0.4) is 0 Å². The van der Waals surface area contributed by atoms with Crippen LogP contribution in [0.5, 0.6) is 0 Å². The van der Waals surface area contributed by atoms with Gasteiger partial charge in [0.2, 0.25) is 0 Å². The van der Waals surface area contributed by atoms with Gasteiger partial charge in [-0.05, 0) is 37.3 Å². The molecule has 0 atom stereocenters. The molecule has 0 aromatic carbocycles. The average Bonchev–Trinajstić information content (AvgIpc) is 2.44. The molecule has 0 saturated heterocycles. The van der Waals surface area contributed by atoms with E-state index in [1.165, 1.54) is 0 Å². The third-order valence-corrected chi connectivity index (χ3v) is 3.23. The van der Waals surface area contributed by atoms with Gasteiger partial charge in [0.25, 0.3) is 0 Å². The van der Waals surface area contributed by atoms with Gasteiger partial charge in [-0.15, -0.1) is 0 Å². The molecule has 0 spiro atoms. The summed E-state index contributed by atoms with van der Waals surface area (Å²) in [5.74, 6) is 2.24. The van der Waals surface area contributed by atoms with Crippen LogP contribution < -0.4 is 5.32 Å². The van der Waals surface area contributed by atoms with Crippen LogP contribution in [-0.4, -0.2) is 21.5 Å². The Morgan fingerprint density at radius 1 is 1.24 bits per heavy atom. The van der Waals surface area contributed by atoms with Crippen LogP contribution in [0.4, 0.5) is 5.82 Å². The Morgan fingerprint density at radius 3 is 2.71 bits per heavy atom. The van der Waals surface area contributed by atoms with Gasteiger partial charge in [0, 0.05) is 36.3 Å². The Bertz CT molecular complexity index is 593. The molecule has 2 aromatic heterocycles. The molecule has 21 heavy (non-hydrogen) atoms. The SMILES string of the molecule is CCCNc1cc(CC(C)C)nc(-c2cnccc2C)n1. The summed E-state index contributed by atoms with van der Waals surface area (Å²) in [4.78, 5) is 13.6. The fourth-order valence-corrected chi connectivity index (χ4v) is 2.18. The minimum absolute atomic E-state index is 0.571. The number of rotatable bonds is 6.